The predicted molar refractivity (Wildman–Crippen MR) is 69.5 cm³/mol. The third kappa shape index (κ3) is 2.32. The maximum Gasteiger partial charge on any atom is 0.122 e. The normalized spacial score (nSPS) is 24.2. The molecule has 2 aliphatic rings. The first-order valence-electron chi connectivity index (χ1n) is 6.63. The molecule has 2 heteroatoms. The second-order valence-corrected chi connectivity index (χ2v) is 5.99. The minimum Gasteiger partial charge on any atom is -0.493 e. The molecule has 1 saturated carbocycles. The van der Waals surface area contributed by atoms with Gasteiger partial charge in [-0.1, -0.05) is 26.0 Å². The van der Waals surface area contributed by atoms with Crippen LogP contribution in [0.1, 0.15) is 31.4 Å². The second-order valence-electron chi connectivity index (χ2n) is 5.99. The van der Waals surface area contributed by atoms with E-state index in [9.17, 15) is 0 Å². The number of hydrogen-bond donors (Lipinski definition) is 1. The molecule has 1 aromatic carbocycles. The summed E-state index contributed by atoms with van der Waals surface area (Å²) in [5.74, 6) is 1.09. The zero-order chi connectivity index (χ0) is 11.9. The van der Waals surface area contributed by atoms with Crippen molar-refractivity contribution in [3.63, 3.8) is 0 Å². The monoisotopic (exact) mass is 231 g/mol. The summed E-state index contributed by atoms with van der Waals surface area (Å²) >= 11 is 0. The summed E-state index contributed by atoms with van der Waals surface area (Å²) in [5, 5.41) is 3.63. The maximum absolute atomic E-state index is 5.52. The van der Waals surface area contributed by atoms with Crippen molar-refractivity contribution in [2.75, 3.05) is 13.2 Å². The van der Waals surface area contributed by atoms with Gasteiger partial charge in [0.05, 0.1) is 6.61 Å². The minimum atomic E-state index is 0.534. The molecule has 1 atom stereocenters. The second kappa shape index (κ2) is 4.02. The van der Waals surface area contributed by atoms with Crippen LogP contribution in [0.5, 0.6) is 5.75 Å². The van der Waals surface area contributed by atoms with E-state index in [0.29, 0.717) is 5.41 Å². The van der Waals surface area contributed by atoms with Gasteiger partial charge in [-0.15, -0.1) is 0 Å². The molecule has 3 rings (SSSR count). The molecule has 1 aliphatic heterocycles. The van der Waals surface area contributed by atoms with Crippen molar-refractivity contribution in [1.29, 1.82) is 0 Å². The molecule has 0 saturated heterocycles. The first-order chi connectivity index (χ1) is 8.15. The Hall–Kier alpha value is -1.02. The van der Waals surface area contributed by atoms with Gasteiger partial charge in [0.1, 0.15) is 5.75 Å². The lowest BCUT2D eigenvalue weighted by Gasteiger charge is -2.07. The molecule has 2 nitrogen and oxygen atoms in total. The summed E-state index contributed by atoms with van der Waals surface area (Å²) in [4.78, 5) is 0. The summed E-state index contributed by atoms with van der Waals surface area (Å²) in [7, 11) is 0. The van der Waals surface area contributed by atoms with E-state index < -0.39 is 0 Å². The molecule has 1 aromatic rings. The highest BCUT2D eigenvalue weighted by Crippen LogP contribution is 2.44. The summed E-state index contributed by atoms with van der Waals surface area (Å²) < 4.78 is 5.52. The van der Waals surface area contributed by atoms with Crippen LogP contribution in [-0.4, -0.2) is 19.2 Å². The molecule has 0 amide bonds. The van der Waals surface area contributed by atoms with Crippen LogP contribution < -0.4 is 10.1 Å². The number of ether oxygens (including phenoxy) is 1. The predicted octanol–water partition coefficient (Wildman–Crippen LogP) is 2.55. The fourth-order valence-electron chi connectivity index (χ4n) is 2.60. The highest BCUT2D eigenvalue weighted by Gasteiger charge is 2.44. The van der Waals surface area contributed by atoms with Crippen LogP contribution in [0.25, 0.3) is 0 Å². The van der Waals surface area contributed by atoms with Crippen molar-refractivity contribution in [2.45, 2.75) is 39.2 Å². The van der Waals surface area contributed by atoms with E-state index in [0.717, 1.165) is 37.8 Å². The first kappa shape index (κ1) is 11.1. The lowest BCUT2D eigenvalue weighted by Crippen LogP contribution is -2.23. The van der Waals surface area contributed by atoms with E-state index in [1.807, 2.05) is 0 Å². The van der Waals surface area contributed by atoms with Crippen molar-refractivity contribution in [3.8, 4) is 5.75 Å². The van der Waals surface area contributed by atoms with E-state index in [1.54, 1.807) is 0 Å². The van der Waals surface area contributed by atoms with E-state index in [2.05, 4.69) is 37.4 Å². The molecule has 1 aliphatic carbocycles. The number of rotatable bonds is 4. The zero-order valence-electron chi connectivity index (χ0n) is 10.8. The molecular formula is C15H21NO. The van der Waals surface area contributed by atoms with Gasteiger partial charge in [-0.3, -0.25) is 0 Å². The number of fused-ring (bicyclic) bond motifs is 1. The molecule has 92 valence electrons. The Labute approximate surface area is 103 Å². The smallest absolute Gasteiger partial charge is 0.122 e. The lowest BCUT2D eigenvalue weighted by molar-refractivity contribution is 0.357. The van der Waals surface area contributed by atoms with Crippen LogP contribution in [0.3, 0.4) is 0 Å². The standard InChI is InChI=1S/C15H21NO/c1-15(2)10-14(15)16-7-5-11-3-4-13-12(9-11)6-8-17-13/h3-4,9,14,16H,5-8,10H2,1-2H3. The molecule has 1 fully saturated rings. The third-order valence-electron chi connectivity index (χ3n) is 4.07. The Morgan fingerprint density at radius 2 is 2.24 bits per heavy atom. The molecular weight excluding hydrogens is 210 g/mol. The Morgan fingerprint density at radius 1 is 1.41 bits per heavy atom. The van der Waals surface area contributed by atoms with E-state index in [1.165, 1.54) is 17.5 Å². The molecule has 1 heterocycles. The Bertz CT molecular complexity index is 425. The van der Waals surface area contributed by atoms with Crippen molar-refractivity contribution in [1.82, 2.24) is 5.32 Å². The SMILES string of the molecule is CC1(C)CC1NCCc1ccc2c(c1)CCO2. The summed E-state index contributed by atoms with van der Waals surface area (Å²) in [5.41, 5.74) is 3.35. The largest absolute Gasteiger partial charge is 0.493 e. The van der Waals surface area contributed by atoms with Crippen LogP contribution >= 0.6 is 0 Å². The number of nitrogens with one attached hydrogen (secondary N) is 1. The van der Waals surface area contributed by atoms with Gasteiger partial charge in [0.25, 0.3) is 0 Å². The molecule has 0 spiro atoms. The topological polar surface area (TPSA) is 21.3 Å². The Kier molecular flexibility index (Phi) is 2.62. The molecule has 1 unspecified atom stereocenters. The van der Waals surface area contributed by atoms with Gasteiger partial charge < -0.3 is 10.1 Å². The fraction of sp³-hybridized carbons (Fsp3) is 0.600. The summed E-state index contributed by atoms with van der Waals surface area (Å²) in [6.45, 7) is 6.61. The van der Waals surface area contributed by atoms with Gasteiger partial charge in [0.15, 0.2) is 0 Å². The maximum atomic E-state index is 5.52. The van der Waals surface area contributed by atoms with E-state index in [-0.39, 0.29) is 0 Å². The van der Waals surface area contributed by atoms with Crippen molar-refractivity contribution in [3.05, 3.63) is 29.3 Å². The molecule has 0 aromatic heterocycles. The van der Waals surface area contributed by atoms with Crippen molar-refractivity contribution < 1.29 is 4.74 Å². The molecule has 17 heavy (non-hydrogen) atoms. The number of hydrogen-bond acceptors (Lipinski definition) is 2. The van der Waals surface area contributed by atoms with Gasteiger partial charge in [0.2, 0.25) is 0 Å². The van der Waals surface area contributed by atoms with E-state index in [4.69, 9.17) is 4.74 Å². The molecule has 0 radical (unpaired) electrons. The van der Waals surface area contributed by atoms with Crippen molar-refractivity contribution >= 4 is 0 Å². The van der Waals surface area contributed by atoms with Gasteiger partial charge >= 0.3 is 0 Å². The van der Waals surface area contributed by atoms with E-state index >= 15 is 0 Å². The average Bonchev–Trinajstić information content (AvgIpc) is 2.74. The quantitative estimate of drug-likeness (QED) is 0.860. The average molecular weight is 231 g/mol. The van der Waals surface area contributed by atoms with Crippen LogP contribution in [0, 0.1) is 5.41 Å². The first-order valence-corrected chi connectivity index (χ1v) is 6.63. The van der Waals surface area contributed by atoms with Crippen LogP contribution in [-0.2, 0) is 12.8 Å². The third-order valence-corrected chi connectivity index (χ3v) is 4.07. The van der Waals surface area contributed by atoms with Gasteiger partial charge in [-0.05, 0) is 42.0 Å². The van der Waals surface area contributed by atoms with Crippen LogP contribution in [0.4, 0.5) is 0 Å². The van der Waals surface area contributed by atoms with Crippen LogP contribution in [0.2, 0.25) is 0 Å². The Morgan fingerprint density at radius 3 is 3.00 bits per heavy atom. The number of benzene rings is 1. The molecule has 1 N–H and O–H groups in total. The highest BCUT2D eigenvalue weighted by atomic mass is 16.5. The minimum absolute atomic E-state index is 0.534. The summed E-state index contributed by atoms with van der Waals surface area (Å²) in [6, 6.07) is 7.37. The van der Waals surface area contributed by atoms with Crippen LogP contribution in [0.15, 0.2) is 18.2 Å². The van der Waals surface area contributed by atoms with Gasteiger partial charge in [-0.2, -0.15) is 0 Å². The van der Waals surface area contributed by atoms with Crippen molar-refractivity contribution in [2.24, 2.45) is 5.41 Å². The Balaban J connectivity index is 1.52. The summed E-state index contributed by atoms with van der Waals surface area (Å²) in [6.07, 6.45) is 3.52. The fourth-order valence-corrected chi connectivity index (χ4v) is 2.60. The zero-order valence-corrected chi connectivity index (χ0v) is 10.8. The molecule has 0 bridgehead atoms. The highest BCUT2D eigenvalue weighted by molar-refractivity contribution is 5.39. The van der Waals surface area contributed by atoms with Gasteiger partial charge in [-0.25, -0.2) is 0 Å². The van der Waals surface area contributed by atoms with Gasteiger partial charge in [0, 0.05) is 12.5 Å². The lowest BCUT2D eigenvalue weighted by atomic mass is 10.1.